The fourth-order valence-corrected chi connectivity index (χ4v) is 4.98. The molecule has 1 fully saturated rings. The van der Waals surface area contributed by atoms with Crippen molar-refractivity contribution in [3.63, 3.8) is 0 Å². The molecular formula is C26H26N8O2. The fourth-order valence-electron chi connectivity index (χ4n) is 4.98. The number of imidazole rings is 1. The third-order valence-corrected chi connectivity index (χ3v) is 6.94. The van der Waals surface area contributed by atoms with Gasteiger partial charge < -0.3 is 20.4 Å². The Morgan fingerprint density at radius 3 is 2.83 bits per heavy atom. The van der Waals surface area contributed by atoms with E-state index in [-0.39, 0.29) is 17.9 Å². The number of aromatic nitrogens is 6. The van der Waals surface area contributed by atoms with Crippen LogP contribution in [0.2, 0.25) is 0 Å². The first-order chi connectivity index (χ1) is 17.6. The number of fused-ring (bicyclic) bond motifs is 2. The minimum absolute atomic E-state index is 0.0423. The highest BCUT2D eigenvalue weighted by atomic mass is 16.5. The summed E-state index contributed by atoms with van der Waals surface area (Å²) in [6, 6.07) is 13.5. The Morgan fingerprint density at radius 2 is 2.00 bits per heavy atom. The van der Waals surface area contributed by atoms with Gasteiger partial charge in [-0.15, -0.1) is 0 Å². The number of nitrogen functional groups attached to an aromatic ring is 1. The maximum Gasteiger partial charge on any atom is 0.227 e. The molecular weight excluding hydrogens is 456 g/mol. The average molecular weight is 483 g/mol. The number of methoxy groups -OCH3 is 1. The number of H-pyrrole nitrogens is 1. The second kappa shape index (κ2) is 8.95. The molecule has 1 saturated carbocycles. The molecule has 0 saturated heterocycles. The summed E-state index contributed by atoms with van der Waals surface area (Å²) in [6.07, 6.45) is 6.83. The highest BCUT2D eigenvalue weighted by Gasteiger charge is 2.29. The summed E-state index contributed by atoms with van der Waals surface area (Å²) in [6.45, 7) is 0. The van der Waals surface area contributed by atoms with Crippen LogP contribution in [0.4, 0.5) is 11.5 Å². The van der Waals surface area contributed by atoms with Crippen molar-refractivity contribution in [2.45, 2.75) is 31.7 Å². The smallest absolute Gasteiger partial charge is 0.227 e. The van der Waals surface area contributed by atoms with Gasteiger partial charge in [-0.05, 0) is 56.0 Å². The van der Waals surface area contributed by atoms with Crippen LogP contribution in [-0.2, 0) is 4.79 Å². The van der Waals surface area contributed by atoms with Gasteiger partial charge in [-0.2, -0.15) is 5.10 Å². The SMILES string of the molecule is COc1cccc(NC(=O)C2CCC(n3cnc4c(N)nc(-c5ccc6[nH]ncc6c5)nc43)CC2)c1. The van der Waals surface area contributed by atoms with E-state index in [0.29, 0.717) is 28.6 Å². The monoisotopic (exact) mass is 482 g/mol. The van der Waals surface area contributed by atoms with Crippen LogP contribution in [0.1, 0.15) is 31.7 Å². The quantitative estimate of drug-likeness (QED) is 0.339. The lowest BCUT2D eigenvalue weighted by molar-refractivity contribution is -0.120. The van der Waals surface area contributed by atoms with Gasteiger partial charge in [-0.25, -0.2) is 15.0 Å². The van der Waals surface area contributed by atoms with Crippen molar-refractivity contribution in [1.82, 2.24) is 29.7 Å². The Morgan fingerprint density at radius 1 is 1.14 bits per heavy atom. The van der Waals surface area contributed by atoms with E-state index >= 15 is 0 Å². The second-order valence-electron chi connectivity index (χ2n) is 9.16. The zero-order chi connectivity index (χ0) is 24.6. The molecule has 2 aromatic carbocycles. The molecule has 1 aliphatic rings. The number of amides is 1. The number of anilines is 2. The van der Waals surface area contributed by atoms with Crippen LogP contribution < -0.4 is 15.8 Å². The standard InChI is InChI=1S/C26H26N8O2/c1-36-20-4-2-3-18(12-20)30-26(35)15-5-8-19(9-6-15)34-14-28-22-23(27)31-24(32-25(22)34)16-7-10-21-17(11-16)13-29-33-21/h2-4,7,10-15,19H,5-6,8-9H2,1H3,(H,29,33)(H,30,35)(H2,27,31,32). The van der Waals surface area contributed by atoms with E-state index in [1.807, 2.05) is 42.5 Å². The van der Waals surface area contributed by atoms with Crippen LogP contribution in [-0.4, -0.2) is 42.7 Å². The normalized spacial score (nSPS) is 17.9. The molecule has 0 spiro atoms. The number of ether oxygens (including phenoxy) is 1. The number of hydrogen-bond acceptors (Lipinski definition) is 7. The van der Waals surface area contributed by atoms with E-state index in [4.69, 9.17) is 15.5 Å². The highest BCUT2D eigenvalue weighted by Crippen LogP contribution is 2.35. The van der Waals surface area contributed by atoms with Gasteiger partial charge in [0.15, 0.2) is 17.3 Å². The second-order valence-corrected chi connectivity index (χ2v) is 9.16. The molecule has 36 heavy (non-hydrogen) atoms. The van der Waals surface area contributed by atoms with Crippen molar-refractivity contribution in [3.8, 4) is 17.1 Å². The van der Waals surface area contributed by atoms with Crippen molar-refractivity contribution in [3.05, 3.63) is 55.0 Å². The van der Waals surface area contributed by atoms with Gasteiger partial charge in [0.25, 0.3) is 0 Å². The van der Waals surface area contributed by atoms with Gasteiger partial charge in [0.05, 0.1) is 25.2 Å². The lowest BCUT2D eigenvalue weighted by atomic mass is 9.85. The van der Waals surface area contributed by atoms with E-state index < -0.39 is 0 Å². The van der Waals surface area contributed by atoms with Gasteiger partial charge >= 0.3 is 0 Å². The molecule has 182 valence electrons. The zero-order valence-corrected chi connectivity index (χ0v) is 19.8. The zero-order valence-electron chi connectivity index (χ0n) is 19.8. The number of rotatable bonds is 5. The number of carbonyl (C=O) groups is 1. The predicted octanol–water partition coefficient (Wildman–Crippen LogP) is 4.33. The minimum Gasteiger partial charge on any atom is -0.497 e. The van der Waals surface area contributed by atoms with E-state index in [0.717, 1.165) is 47.8 Å². The molecule has 3 heterocycles. The van der Waals surface area contributed by atoms with Crippen molar-refractivity contribution in [2.75, 3.05) is 18.2 Å². The Bertz CT molecular complexity index is 1570. The number of nitrogens with one attached hydrogen (secondary N) is 2. The van der Waals surface area contributed by atoms with Crippen molar-refractivity contribution in [2.24, 2.45) is 5.92 Å². The predicted molar refractivity (Wildman–Crippen MR) is 137 cm³/mol. The van der Waals surface area contributed by atoms with Gasteiger partial charge in [0, 0.05) is 34.7 Å². The molecule has 1 amide bonds. The minimum atomic E-state index is -0.0424. The van der Waals surface area contributed by atoms with Crippen LogP contribution >= 0.6 is 0 Å². The van der Waals surface area contributed by atoms with Gasteiger partial charge in [-0.1, -0.05) is 6.07 Å². The molecule has 4 N–H and O–H groups in total. The molecule has 3 aromatic heterocycles. The lowest BCUT2D eigenvalue weighted by Gasteiger charge is -2.28. The van der Waals surface area contributed by atoms with E-state index in [2.05, 4.69) is 30.0 Å². The molecule has 10 heteroatoms. The fraction of sp³-hybridized carbons (Fsp3) is 0.269. The molecule has 1 aliphatic carbocycles. The average Bonchev–Trinajstić information content (AvgIpc) is 3.56. The summed E-state index contributed by atoms with van der Waals surface area (Å²) in [5.74, 6) is 1.62. The first-order valence-corrected chi connectivity index (χ1v) is 12.0. The first-order valence-electron chi connectivity index (χ1n) is 12.0. The number of hydrogen-bond donors (Lipinski definition) is 3. The van der Waals surface area contributed by atoms with E-state index in [9.17, 15) is 4.79 Å². The summed E-state index contributed by atoms with van der Waals surface area (Å²) in [5.41, 5.74) is 10.2. The van der Waals surface area contributed by atoms with Crippen LogP contribution in [0.3, 0.4) is 0 Å². The summed E-state index contributed by atoms with van der Waals surface area (Å²) in [4.78, 5) is 26.7. The molecule has 0 unspecified atom stereocenters. The lowest BCUT2D eigenvalue weighted by Crippen LogP contribution is -2.28. The summed E-state index contributed by atoms with van der Waals surface area (Å²) >= 11 is 0. The number of nitrogens with zero attached hydrogens (tertiary/aromatic N) is 5. The van der Waals surface area contributed by atoms with Crippen LogP contribution in [0.25, 0.3) is 33.5 Å². The summed E-state index contributed by atoms with van der Waals surface area (Å²) in [7, 11) is 1.61. The number of carbonyl (C=O) groups excluding carboxylic acids is 1. The first kappa shape index (κ1) is 22.0. The van der Waals surface area contributed by atoms with Gasteiger partial charge in [0.1, 0.15) is 11.3 Å². The van der Waals surface area contributed by atoms with E-state index in [1.54, 1.807) is 19.6 Å². The molecule has 0 aliphatic heterocycles. The van der Waals surface area contributed by atoms with Gasteiger partial charge in [-0.3, -0.25) is 9.89 Å². The van der Waals surface area contributed by atoms with Crippen molar-refractivity contribution < 1.29 is 9.53 Å². The largest absolute Gasteiger partial charge is 0.497 e. The molecule has 6 rings (SSSR count). The Balaban J connectivity index is 1.20. The summed E-state index contributed by atoms with van der Waals surface area (Å²) < 4.78 is 7.34. The third-order valence-electron chi connectivity index (χ3n) is 6.94. The number of benzene rings is 2. The van der Waals surface area contributed by atoms with E-state index in [1.165, 1.54) is 0 Å². The Labute approximate surface area is 206 Å². The Hall–Kier alpha value is -4.47. The molecule has 0 atom stereocenters. The maximum absolute atomic E-state index is 12.9. The number of nitrogens with two attached hydrogens (primary N) is 1. The maximum atomic E-state index is 12.9. The number of aromatic amines is 1. The van der Waals surface area contributed by atoms with Crippen LogP contribution in [0.5, 0.6) is 5.75 Å². The van der Waals surface area contributed by atoms with Crippen LogP contribution in [0, 0.1) is 5.92 Å². The highest BCUT2D eigenvalue weighted by molar-refractivity contribution is 5.93. The molecule has 0 radical (unpaired) electrons. The summed E-state index contributed by atoms with van der Waals surface area (Å²) in [5, 5.41) is 11.0. The van der Waals surface area contributed by atoms with Gasteiger partial charge in [0.2, 0.25) is 5.91 Å². The molecule has 10 nitrogen and oxygen atoms in total. The molecule has 5 aromatic rings. The van der Waals surface area contributed by atoms with Crippen molar-refractivity contribution >= 4 is 39.5 Å². The van der Waals surface area contributed by atoms with Crippen molar-refractivity contribution in [1.29, 1.82) is 0 Å². The third kappa shape index (κ3) is 4.00. The Kier molecular flexibility index (Phi) is 5.48. The molecule has 0 bridgehead atoms. The van der Waals surface area contributed by atoms with Crippen LogP contribution in [0.15, 0.2) is 55.0 Å². The topological polar surface area (TPSA) is 137 Å².